The predicted octanol–water partition coefficient (Wildman–Crippen LogP) is 5.22. The normalized spacial score (nSPS) is 13.6. The Morgan fingerprint density at radius 1 is 1.15 bits per heavy atom. The highest BCUT2D eigenvalue weighted by molar-refractivity contribution is 5.85. The zero-order chi connectivity index (χ0) is 24.7. The summed E-state index contributed by atoms with van der Waals surface area (Å²) in [6.07, 6.45) is 3.97. The van der Waals surface area contributed by atoms with Crippen molar-refractivity contribution in [3.63, 3.8) is 0 Å². The van der Waals surface area contributed by atoms with Crippen LogP contribution < -0.4 is 4.74 Å². The van der Waals surface area contributed by atoms with Crippen LogP contribution in [0.3, 0.4) is 0 Å². The van der Waals surface area contributed by atoms with E-state index in [0.29, 0.717) is 18.9 Å². The average Bonchev–Trinajstić information content (AvgIpc) is 2.78. The molecule has 2 unspecified atom stereocenters. The zero-order valence-corrected chi connectivity index (χ0v) is 21.0. The Balaban J connectivity index is 0.000000981. The van der Waals surface area contributed by atoms with Crippen molar-refractivity contribution in [3.05, 3.63) is 59.9 Å². The molecule has 2 atom stereocenters. The smallest absolute Gasteiger partial charge is 0.162 e. The zero-order valence-electron chi connectivity index (χ0n) is 21.0. The van der Waals surface area contributed by atoms with Crippen LogP contribution in [0, 0.1) is 11.8 Å². The highest BCUT2D eigenvalue weighted by atomic mass is 16.6. The topological polar surface area (TPSA) is 77.9 Å². The first kappa shape index (κ1) is 28.8. The third kappa shape index (κ3) is 10.0. The molecule has 1 aromatic carbocycles. The Hall–Kier alpha value is -2.28. The minimum absolute atomic E-state index is 0.0526. The Labute approximate surface area is 199 Å². The number of Topliss-reactive ketones (excluding diaryl/α,β-unsaturated/α-hetero) is 1. The molecule has 0 aliphatic heterocycles. The molecule has 0 spiro atoms. The van der Waals surface area contributed by atoms with Gasteiger partial charge in [0.2, 0.25) is 0 Å². The molecule has 0 saturated heterocycles. The summed E-state index contributed by atoms with van der Waals surface area (Å²) in [7, 11) is 1.71. The van der Waals surface area contributed by atoms with E-state index in [1.807, 2.05) is 49.4 Å². The Morgan fingerprint density at radius 2 is 1.85 bits per heavy atom. The van der Waals surface area contributed by atoms with Gasteiger partial charge in [0.15, 0.2) is 5.78 Å². The van der Waals surface area contributed by atoms with E-state index in [4.69, 9.17) is 14.2 Å². The summed E-state index contributed by atoms with van der Waals surface area (Å²) in [4.78, 5) is 17.0. The van der Waals surface area contributed by atoms with E-state index < -0.39 is 12.4 Å². The maximum Gasteiger partial charge on any atom is 0.162 e. The number of pyridine rings is 1. The Bertz CT molecular complexity index is 794. The molecule has 1 N–H and O–H groups in total. The molecule has 0 radical (unpaired) electrons. The molecular formula is C27H41NO5. The molecule has 2 aromatic rings. The quantitative estimate of drug-likeness (QED) is 0.414. The largest absolute Gasteiger partial charge is 0.489 e. The van der Waals surface area contributed by atoms with Gasteiger partial charge in [0, 0.05) is 32.0 Å². The van der Waals surface area contributed by atoms with Crippen molar-refractivity contribution < 1.29 is 24.1 Å². The number of benzene rings is 1. The molecule has 6 nitrogen and oxygen atoms in total. The standard InChI is InChI=1S/C23H31NO4.C4H10O/c1-17(2)12-18(3)23(19(4)26,28-16-25)14-21-13-20(10-11-24-21)15-27-22-8-6-5-7-9-22;1-3-4-5-2/h5-11,13,17-18,25H,12,14-16H2,1-4H3;3-4H2,1-2H3. The number of nitrogens with zero attached hydrogens (tertiary/aromatic N) is 1. The Kier molecular flexibility index (Phi) is 13.5. The molecule has 0 aliphatic carbocycles. The van der Waals surface area contributed by atoms with Gasteiger partial charge in [0.25, 0.3) is 0 Å². The monoisotopic (exact) mass is 459 g/mol. The van der Waals surface area contributed by atoms with Crippen molar-refractivity contribution >= 4 is 5.78 Å². The molecule has 0 aliphatic rings. The maximum absolute atomic E-state index is 12.6. The van der Waals surface area contributed by atoms with Crippen LogP contribution in [0.1, 0.15) is 58.7 Å². The van der Waals surface area contributed by atoms with Crippen molar-refractivity contribution in [2.24, 2.45) is 11.8 Å². The summed E-state index contributed by atoms with van der Waals surface area (Å²) in [5.74, 6) is 1.06. The lowest BCUT2D eigenvalue weighted by molar-refractivity contribution is -0.169. The van der Waals surface area contributed by atoms with E-state index >= 15 is 0 Å². The van der Waals surface area contributed by atoms with Gasteiger partial charge in [-0.05, 0) is 61.4 Å². The number of hydrogen-bond acceptors (Lipinski definition) is 6. The first-order chi connectivity index (χ1) is 15.8. The highest BCUT2D eigenvalue weighted by Crippen LogP contribution is 2.32. The van der Waals surface area contributed by atoms with E-state index in [1.54, 1.807) is 13.3 Å². The minimum Gasteiger partial charge on any atom is -0.489 e. The van der Waals surface area contributed by atoms with Crippen LogP contribution in [0.5, 0.6) is 5.75 Å². The fourth-order valence-corrected chi connectivity index (χ4v) is 3.82. The number of aliphatic hydroxyl groups is 1. The molecule has 0 amide bonds. The molecular weight excluding hydrogens is 418 g/mol. The van der Waals surface area contributed by atoms with Gasteiger partial charge in [-0.15, -0.1) is 0 Å². The van der Waals surface area contributed by atoms with Crippen LogP contribution in [0.15, 0.2) is 48.7 Å². The number of rotatable bonds is 13. The first-order valence-electron chi connectivity index (χ1n) is 11.6. The van der Waals surface area contributed by atoms with Gasteiger partial charge in [-0.1, -0.05) is 45.9 Å². The number of hydrogen-bond donors (Lipinski definition) is 1. The van der Waals surface area contributed by atoms with E-state index in [1.165, 1.54) is 6.92 Å². The molecule has 0 fully saturated rings. The van der Waals surface area contributed by atoms with E-state index in [0.717, 1.165) is 36.5 Å². The van der Waals surface area contributed by atoms with Crippen LogP contribution >= 0.6 is 0 Å². The SMILES string of the molecule is CC(=O)C(Cc1cc(COc2ccccc2)ccn1)(OCO)C(C)CC(C)C.CCCOC. The number of aliphatic hydroxyl groups excluding tert-OH is 1. The number of carbonyl (C=O) groups excluding carboxylic acids is 1. The second-order valence-electron chi connectivity index (χ2n) is 8.68. The number of carbonyl (C=O) groups is 1. The van der Waals surface area contributed by atoms with Crippen LogP contribution in [0.4, 0.5) is 0 Å². The van der Waals surface area contributed by atoms with E-state index in [-0.39, 0.29) is 11.7 Å². The van der Waals surface area contributed by atoms with Gasteiger partial charge in [0.1, 0.15) is 24.8 Å². The van der Waals surface area contributed by atoms with Gasteiger partial charge < -0.3 is 19.3 Å². The lowest BCUT2D eigenvalue weighted by Crippen LogP contribution is -2.49. The molecule has 184 valence electrons. The highest BCUT2D eigenvalue weighted by Gasteiger charge is 2.42. The number of ether oxygens (including phenoxy) is 3. The van der Waals surface area contributed by atoms with Crippen LogP contribution in [-0.2, 0) is 27.3 Å². The fraction of sp³-hybridized carbons (Fsp3) is 0.556. The second-order valence-corrected chi connectivity index (χ2v) is 8.68. The van der Waals surface area contributed by atoms with Crippen molar-refractivity contribution in [1.82, 2.24) is 4.98 Å². The number of ketones is 1. The molecule has 1 aromatic heterocycles. The van der Waals surface area contributed by atoms with Crippen molar-refractivity contribution in [2.75, 3.05) is 20.5 Å². The summed E-state index contributed by atoms with van der Waals surface area (Å²) in [6, 6.07) is 13.4. The van der Waals surface area contributed by atoms with Crippen molar-refractivity contribution in [2.45, 2.75) is 66.1 Å². The first-order valence-corrected chi connectivity index (χ1v) is 11.6. The van der Waals surface area contributed by atoms with Gasteiger partial charge in [0.05, 0.1) is 0 Å². The van der Waals surface area contributed by atoms with Crippen molar-refractivity contribution in [3.8, 4) is 5.75 Å². The second kappa shape index (κ2) is 15.5. The minimum atomic E-state index is -1.09. The summed E-state index contributed by atoms with van der Waals surface area (Å²) in [5.41, 5.74) is 0.616. The average molecular weight is 460 g/mol. The summed E-state index contributed by atoms with van der Waals surface area (Å²) >= 11 is 0. The van der Waals surface area contributed by atoms with Crippen molar-refractivity contribution in [1.29, 1.82) is 0 Å². The number of methoxy groups -OCH3 is 1. The van der Waals surface area contributed by atoms with Crippen LogP contribution in [-0.4, -0.2) is 42.0 Å². The van der Waals surface area contributed by atoms with Gasteiger partial charge in [-0.25, -0.2) is 0 Å². The predicted molar refractivity (Wildman–Crippen MR) is 131 cm³/mol. The number of aromatic nitrogens is 1. The van der Waals surface area contributed by atoms with Crippen LogP contribution in [0.2, 0.25) is 0 Å². The van der Waals surface area contributed by atoms with E-state index in [2.05, 4.69) is 25.8 Å². The fourth-order valence-electron chi connectivity index (χ4n) is 3.82. The lowest BCUT2D eigenvalue weighted by Gasteiger charge is -2.37. The molecule has 33 heavy (non-hydrogen) atoms. The Morgan fingerprint density at radius 3 is 2.36 bits per heavy atom. The van der Waals surface area contributed by atoms with Crippen LogP contribution in [0.25, 0.3) is 0 Å². The summed E-state index contributed by atoms with van der Waals surface area (Å²) < 4.78 is 16.2. The third-order valence-corrected chi connectivity index (χ3v) is 5.42. The van der Waals surface area contributed by atoms with Gasteiger partial charge in [-0.2, -0.15) is 0 Å². The van der Waals surface area contributed by atoms with E-state index in [9.17, 15) is 9.90 Å². The summed E-state index contributed by atoms with van der Waals surface area (Å²) in [5, 5.41) is 9.46. The third-order valence-electron chi connectivity index (χ3n) is 5.42. The maximum atomic E-state index is 12.6. The number of para-hydroxylation sites is 1. The lowest BCUT2D eigenvalue weighted by atomic mass is 9.77. The molecule has 0 saturated carbocycles. The molecule has 2 rings (SSSR count). The molecule has 1 heterocycles. The van der Waals surface area contributed by atoms with Gasteiger partial charge >= 0.3 is 0 Å². The van der Waals surface area contributed by atoms with Gasteiger partial charge in [-0.3, -0.25) is 9.78 Å². The molecule has 0 bridgehead atoms. The summed E-state index contributed by atoms with van der Waals surface area (Å²) in [6.45, 7) is 10.6. The molecule has 6 heteroatoms.